The molecule has 0 saturated carbocycles. The van der Waals surface area contributed by atoms with E-state index in [1.165, 1.54) is 17.8 Å². The molecule has 2 aromatic carbocycles. The number of alkyl halides is 3. The molecule has 0 aliphatic rings. The molecule has 0 bridgehead atoms. The van der Waals surface area contributed by atoms with E-state index in [9.17, 15) is 18.0 Å². The summed E-state index contributed by atoms with van der Waals surface area (Å²) in [5.41, 5.74) is 1.22. The molecule has 1 amide bonds. The van der Waals surface area contributed by atoms with E-state index in [1.807, 2.05) is 41.0 Å². The van der Waals surface area contributed by atoms with Gasteiger partial charge in [0.05, 0.1) is 17.4 Å². The van der Waals surface area contributed by atoms with Crippen molar-refractivity contribution in [1.82, 2.24) is 25.1 Å². The molecule has 0 saturated heterocycles. The van der Waals surface area contributed by atoms with Gasteiger partial charge in [-0.15, -0.1) is 10.2 Å². The van der Waals surface area contributed by atoms with Gasteiger partial charge in [-0.1, -0.05) is 42.1 Å². The average molecular weight is 484 g/mol. The highest BCUT2D eigenvalue weighted by Gasteiger charge is 2.30. The van der Waals surface area contributed by atoms with E-state index in [-0.39, 0.29) is 11.7 Å². The lowest BCUT2D eigenvalue weighted by molar-refractivity contribution is -0.137. The Morgan fingerprint density at radius 3 is 2.56 bits per heavy atom. The zero-order valence-electron chi connectivity index (χ0n) is 18.0. The number of pyridine rings is 1. The van der Waals surface area contributed by atoms with Crippen LogP contribution in [0.2, 0.25) is 0 Å². The van der Waals surface area contributed by atoms with Gasteiger partial charge in [-0.2, -0.15) is 13.2 Å². The molecule has 1 N–H and O–H groups in total. The van der Waals surface area contributed by atoms with E-state index in [2.05, 4.69) is 20.5 Å². The Morgan fingerprint density at radius 1 is 1.06 bits per heavy atom. The number of para-hydroxylation sites is 1. The van der Waals surface area contributed by atoms with Gasteiger partial charge in [-0.3, -0.25) is 14.3 Å². The van der Waals surface area contributed by atoms with Crippen molar-refractivity contribution in [2.24, 2.45) is 0 Å². The maximum absolute atomic E-state index is 13.0. The number of nitrogens with one attached hydrogen (secondary N) is 1. The van der Waals surface area contributed by atoms with E-state index in [0.717, 1.165) is 23.4 Å². The summed E-state index contributed by atoms with van der Waals surface area (Å²) in [7, 11) is 0. The smallest absolute Gasteiger partial charge is 0.349 e. The minimum absolute atomic E-state index is 0.0152. The number of nitrogens with zero attached hydrogens (tertiary/aromatic N) is 4. The van der Waals surface area contributed by atoms with Gasteiger partial charge in [0.2, 0.25) is 5.91 Å². The highest BCUT2D eigenvalue weighted by atomic mass is 32.2. The summed E-state index contributed by atoms with van der Waals surface area (Å²) in [6, 6.07) is 17.5. The number of carbonyl (C=O) groups excluding carboxylic acids is 1. The number of halogens is 3. The Morgan fingerprint density at radius 2 is 1.85 bits per heavy atom. The van der Waals surface area contributed by atoms with E-state index >= 15 is 0 Å². The minimum atomic E-state index is -4.44. The van der Waals surface area contributed by atoms with Crippen molar-refractivity contribution in [2.45, 2.75) is 24.3 Å². The van der Waals surface area contributed by atoms with Crippen LogP contribution in [0.15, 0.2) is 84.3 Å². The number of aromatic nitrogens is 4. The zero-order chi connectivity index (χ0) is 24.1. The lowest BCUT2D eigenvalue weighted by Gasteiger charge is -2.16. The molecule has 0 aliphatic heterocycles. The molecule has 0 aliphatic carbocycles. The van der Waals surface area contributed by atoms with Gasteiger partial charge in [0.25, 0.3) is 0 Å². The Bertz CT molecular complexity index is 1260. The number of benzene rings is 2. The maximum atomic E-state index is 13.0. The first-order chi connectivity index (χ1) is 16.3. The number of amides is 1. The fourth-order valence-corrected chi connectivity index (χ4v) is 4.10. The van der Waals surface area contributed by atoms with Crippen LogP contribution in [0.4, 0.5) is 13.2 Å². The van der Waals surface area contributed by atoms with Gasteiger partial charge in [-0.25, -0.2) is 0 Å². The lowest BCUT2D eigenvalue weighted by Crippen LogP contribution is -2.28. The van der Waals surface area contributed by atoms with Gasteiger partial charge in [0, 0.05) is 23.6 Å². The molecule has 6 nitrogen and oxygen atoms in total. The van der Waals surface area contributed by atoms with Gasteiger partial charge in [0.1, 0.15) is 0 Å². The van der Waals surface area contributed by atoms with E-state index in [4.69, 9.17) is 0 Å². The predicted molar refractivity (Wildman–Crippen MR) is 123 cm³/mol. The molecule has 2 heterocycles. The number of thioether (sulfide) groups is 1. The summed E-state index contributed by atoms with van der Waals surface area (Å²) >= 11 is 1.19. The minimum Gasteiger partial charge on any atom is -0.349 e. The molecule has 0 fully saturated rings. The number of hydrogen-bond donors (Lipinski definition) is 1. The Labute approximate surface area is 198 Å². The Kier molecular flexibility index (Phi) is 6.97. The monoisotopic (exact) mass is 483 g/mol. The predicted octanol–water partition coefficient (Wildman–Crippen LogP) is 5.32. The molecule has 4 rings (SSSR count). The first kappa shape index (κ1) is 23.5. The van der Waals surface area contributed by atoms with E-state index in [1.54, 1.807) is 31.5 Å². The van der Waals surface area contributed by atoms with Crippen molar-refractivity contribution >= 4 is 17.7 Å². The van der Waals surface area contributed by atoms with E-state index in [0.29, 0.717) is 16.5 Å². The van der Waals surface area contributed by atoms with Gasteiger partial charge in [-0.05, 0) is 48.9 Å². The number of carbonyl (C=O) groups is 1. The fourth-order valence-electron chi connectivity index (χ4n) is 3.34. The first-order valence-electron chi connectivity index (χ1n) is 10.3. The molecule has 4 aromatic rings. The molecule has 2 aromatic heterocycles. The standard InChI is InChI=1S/C24H20F3N5OS/c1-16(17-7-5-9-19(13-17)24(25,26)27)29-21(33)15-34-23-31-30-22(18-8-6-12-28-14-18)32(23)20-10-3-2-4-11-20/h2-14,16H,15H2,1H3,(H,29,33). The second kappa shape index (κ2) is 10.1. The fraction of sp³-hybridized carbons (Fsp3) is 0.167. The van der Waals surface area contributed by atoms with Crippen LogP contribution in [0.5, 0.6) is 0 Å². The third kappa shape index (κ3) is 5.45. The van der Waals surface area contributed by atoms with Crippen LogP contribution in [0.25, 0.3) is 17.1 Å². The molecular formula is C24H20F3N5OS. The second-order valence-corrected chi connectivity index (χ2v) is 8.36. The topological polar surface area (TPSA) is 72.7 Å². The van der Waals surface area contributed by atoms with Crippen molar-refractivity contribution in [1.29, 1.82) is 0 Å². The molecule has 174 valence electrons. The number of hydrogen-bond acceptors (Lipinski definition) is 5. The summed E-state index contributed by atoms with van der Waals surface area (Å²) in [6.07, 6.45) is -1.09. The summed E-state index contributed by atoms with van der Waals surface area (Å²) in [5, 5.41) is 11.8. The van der Waals surface area contributed by atoms with Crippen LogP contribution >= 0.6 is 11.8 Å². The largest absolute Gasteiger partial charge is 0.416 e. The van der Waals surface area contributed by atoms with Crippen LogP contribution in [0, 0.1) is 0 Å². The Balaban J connectivity index is 1.50. The normalized spacial score (nSPS) is 12.4. The van der Waals surface area contributed by atoms with Crippen LogP contribution in [-0.2, 0) is 11.0 Å². The lowest BCUT2D eigenvalue weighted by atomic mass is 10.0. The third-order valence-corrected chi connectivity index (χ3v) is 5.92. The molecule has 0 spiro atoms. The highest BCUT2D eigenvalue weighted by Crippen LogP contribution is 2.31. The summed E-state index contributed by atoms with van der Waals surface area (Å²) in [4.78, 5) is 16.7. The highest BCUT2D eigenvalue weighted by molar-refractivity contribution is 7.99. The second-order valence-electron chi connectivity index (χ2n) is 7.42. The molecule has 0 radical (unpaired) electrons. The van der Waals surface area contributed by atoms with Crippen LogP contribution in [-0.4, -0.2) is 31.4 Å². The summed E-state index contributed by atoms with van der Waals surface area (Å²) < 4.78 is 40.8. The van der Waals surface area contributed by atoms with Crippen molar-refractivity contribution in [3.05, 3.63) is 90.3 Å². The molecule has 1 unspecified atom stereocenters. The van der Waals surface area contributed by atoms with Crippen LogP contribution in [0.3, 0.4) is 0 Å². The summed E-state index contributed by atoms with van der Waals surface area (Å²) in [6.45, 7) is 1.64. The molecule has 1 atom stereocenters. The Hall–Kier alpha value is -3.66. The summed E-state index contributed by atoms with van der Waals surface area (Å²) in [5.74, 6) is 0.265. The van der Waals surface area contributed by atoms with Gasteiger partial charge >= 0.3 is 6.18 Å². The van der Waals surface area contributed by atoms with E-state index < -0.39 is 17.8 Å². The molecular weight excluding hydrogens is 463 g/mol. The van der Waals surface area contributed by atoms with Crippen molar-refractivity contribution in [2.75, 3.05) is 5.75 Å². The van der Waals surface area contributed by atoms with Gasteiger partial charge in [0.15, 0.2) is 11.0 Å². The number of rotatable bonds is 7. The molecule has 34 heavy (non-hydrogen) atoms. The first-order valence-corrected chi connectivity index (χ1v) is 11.3. The molecule has 10 heteroatoms. The average Bonchev–Trinajstić information content (AvgIpc) is 3.27. The van der Waals surface area contributed by atoms with Crippen molar-refractivity contribution in [3.63, 3.8) is 0 Å². The van der Waals surface area contributed by atoms with Crippen LogP contribution < -0.4 is 5.32 Å². The van der Waals surface area contributed by atoms with Gasteiger partial charge < -0.3 is 5.32 Å². The van der Waals surface area contributed by atoms with Crippen molar-refractivity contribution in [3.8, 4) is 17.1 Å². The van der Waals surface area contributed by atoms with Crippen molar-refractivity contribution < 1.29 is 18.0 Å². The third-order valence-electron chi connectivity index (χ3n) is 4.99. The zero-order valence-corrected chi connectivity index (χ0v) is 18.8. The maximum Gasteiger partial charge on any atom is 0.416 e. The quantitative estimate of drug-likeness (QED) is 0.361. The SMILES string of the molecule is CC(NC(=O)CSc1nnc(-c2cccnc2)n1-c1ccccc1)c1cccc(C(F)(F)F)c1. The van der Waals surface area contributed by atoms with Crippen LogP contribution in [0.1, 0.15) is 24.1 Å².